The molecule has 0 atom stereocenters. The number of nitrogens with zero attached hydrogens (tertiary/aromatic N) is 2. The molecule has 0 unspecified atom stereocenters. The van der Waals surface area contributed by atoms with Gasteiger partial charge in [0.2, 0.25) is 0 Å². The summed E-state index contributed by atoms with van der Waals surface area (Å²) in [5.41, 5.74) is 8.53. The van der Waals surface area contributed by atoms with Gasteiger partial charge < -0.3 is 9.47 Å². The van der Waals surface area contributed by atoms with E-state index in [1.165, 1.54) is 12.4 Å². The first-order chi connectivity index (χ1) is 16.5. The van der Waals surface area contributed by atoms with Crippen molar-refractivity contribution in [1.29, 1.82) is 0 Å². The fraction of sp³-hybridized carbons (Fsp3) is 0.154. The number of nitrogens with one attached hydrogen (secondary N) is 2. The van der Waals surface area contributed by atoms with E-state index in [2.05, 4.69) is 21.1 Å². The van der Waals surface area contributed by atoms with E-state index in [1.54, 1.807) is 12.1 Å². The monoisotopic (exact) mass is 458 g/mol. The predicted octanol–water partition coefficient (Wildman–Crippen LogP) is 3.36. The highest BCUT2D eigenvalue weighted by molar-refractivity contribution is 5.86. The Labute approximate surface area is 198 Å². The Kier molecular flexibility index (Phi) is 8.92. The fourth-order valence-electron chi connectivity index (χ4n) is 2.80. The Balaban J connectivity index is 1.37. The predicted molar refractivity (Wildman–Crippen MR) is 131 cm³/mol. The van der Waals surface area contributed by atoms with Gasteiger partial charge in [0.1, 0.15) is 11.5 Å². The topological polar surface area (TPSA) is 101 Å². The van der Waals surface area contributed by atoms with Crippen LogP contribution in [0.4, 0.5) is 0 Å². The van der Waals surface area contributed by atoms with Crippen LogP contribution in [0.5, 0.6) is 11.5 Å². The van der Waals surface area contributed by atoms with E-state index in [9.17, 15) is 9.59 Å². The van der Waals surface area contributed by atoms with Crippen LogP contribution in [-0.4, -0.2) is 37.5 Å². The molecule has 3 rings (SSSR count). The molecule has 2 amide bonds. The van der Waals surface area contributed by atoms with Crippen molar-refractivity contribution in [3.05, 3.63) is 95.1 Å². The van der Waals surface area contributed by atoms with Gasteiger partial charge >= 0.3 is 0 Å². The van der Waals surface area contributed by atoms with Gasteiger partial charge in [-0.3, -0.25) is 9.59 Å². The average molecular weight is 459 g/mol. The molecule has 0 aliphatic heterocycles. The Morgan fingerprint density at radius 1 is 0.706 bits per heavy atom. The van der Waals surface area contributed by atoms with E-state index in [1.807, 2.05) is 74.5 Å². The number of hydrogen-bond acceptors (Lipinski definition) is 6. The first-order valence-electron chi connectivity index (χ1n) is 10.6. The molecule has 0 heterocycles. The SMILES string of the molecule is Cc1cccc(OCC(=O)NN=Cc2ccc(C=NNC(=O)COc3cccc(C)c3)cc2)c1. The quantitative estimate of drug-likeness (QED) is 0.359. The van der Waals surface area contributed by atoms with Crippen molar-refractivity contribution in [1.82, 2.24) is 10.9 Å². The molecule has 0 saturated carbocycles. The first-order valence-corrected chi connectivity index (χ1v) is 10.6. The van der Waals surface area contributed by atoms with Crippen LogP contribution in [0.25, 0.3) is 0 Å². The molecule has 0 saturated heterocycles. The summed E-state index contributed by atoms with van der Waals surface area (Å²) in [6, 6.07) is 22.2. The Morgan fingerprint density at radius 2 is 1.12 bits per heavy atom. The van der Waals surface area contributed by atoms with Crippen molar-refractivity contribution in [3.8, 4) is 11.5 Å². The van der Waals surface area contributed by atoms with Crippen molar-refractivity contribution in [2.45, 2.75) is 13.8 Å². The normalized spacial score (nSPS) is 10.9. The Bertz CT molecular complexity index is 1080. The largest absolute Gasteiger partial charge is 0.484 e. The molecule has 34 heavy (non-hydrogen) atoms. The van der Waals surface area contributed by atoms with Gasteiger partial charge in [0.15, 0.2) is 13.2 Å². The third-order valence-corrected chi connectivity index (χ3v) is 4.46. The van der Waals surface area contributed by atoms with Gasteiger partial charge in [-0.15, -0.1) is 0 Å². The lowest BCUT2D eigenvalue weighted by molar-refractivity contribution is -0.123. The summed E-state index contributed by atoms with van der Waals surface area (Å²) < 4.78 is 10.9. The number of amides is 2. The fourth-order valence-corrected chi connectivity index (χ4v) is 2.80. The summed E-state index contributed by atoms with van der Waals surface area (Å²) in [6.07, 6.45) is 3.05. The van der Waals surface area contributed by atoms with Gasteiger partial charge in [-0.1, -0.05) is 48.5 Å². The molecule has 174 valence electrons. The molecule has 0 radical (unpaired) electrons. The summed E-state index contributed by atoms with van der Waals surface area (Å²) in [7, 11) is 0. The van der Waals surface area contributed by atoms with Crippen LogP contribution in [0.3, 0.4) is 0 Å². The van der Waals surface area contributed by atoms with Crippen molar-refractivity contribution >= 4 is 24.2 Å². The number of ether oxygens (including phenoxy) is 2. The van der Waals surface area contributed by atoms with E-state index >= 15 is 0 Å². The number of benzene rings is 3. The van der Waals surface area contributed by atoms with E-state index < -0.39 is 0 Å². The highest BCUT2D eigenvalue weighted by atomic mass is 16.5. The maximum Gasteiger partial charge on any atom is 0.277 e. The van der Waals surface area contributed by atoms with Crippen LogP contribution < -0.4 is 20.3 Å². The van der Waals surface area contributed by atoms with E-state index in [4.69, 9.17) is 9.47 Å². The third-order valence-electron chi connectivity index (χ3n) is 4.46. The standard InChI is InChI=1S/C26H26N4O4/c1-19-5-3-7-23(13-19)33-17-25(31)29-27-15-21-9-11-22(12-10-21)16-28-30-26(32)18-34-24-8-4-6-20(2)14-24/h3-16H,17-18H2,1-2H3,(H,29,31)(H,30,32). The minimum Gasteiger partial charge on any atom is -0.484 e. The third kappa shape index (κ3) is 8.58. The van der Waals surface area contributed by atoms with Gasteiger partial charge in [0.05, 0.1) is 12.4 Å². The second-order valence-corrected chi connectivity index (χ2v) is 7.46. The second kappa shape index (κ2) is 12.5. The molecule has 0 aromatic heterocycles. The minimum absolute atomic E-state index is 0.127. The van der Waals surface area contributed by atoms with Crippen molar-refractivity contribution < 1.29 is 19.1 Å². The number of hydrazone groups is 2. The maximum absolute atomic E-state index is 11.9. The number of rotatable bonds is 10. The summed E-state index contributed by atoms with van der Waals surface area (Å²) >= 11 is 0. The van der Waals surface area contributed by atoms with Gasteiger partial charge in [-0.2, -0.15) is 10.2 Å². The highest BCUT2D eigenvalue weighted by Crippen LogP contribution is 2.12. The smallest absolute Gasteiger partial charge is 0.277 e. The zero-order chi connectivity index (χ0) is 24.2. The molecule has 0 spiro atoms. The maximum atomic E-state index is 11.9. The number of hydrogen-bond donors (Lipinski definition) is 2. The lowest BCUT2D eigenvalue weighted by atomic mass is 10.2. The molecule has 3 aromatic rings. The lowest BCUT2D eigenvalue weighted by Gasteiger charge is -2.05. The zero-order valence-corrected chi connectivity index (χ0v) is 19.0. The molecule has 0 fully saturated rings. The van der Waals surface area contributed by atoms with Crippen LogP contribution in [-0.2, 0) is 9.59 Å². The van der Waals surface area contributed by atoms with Gasteiger partial charge in [-0.25, -0.2) is 10.9 Å². The summed E-state index contributed by atoms with van der Waals surface area (Å²) in [5.74, 6) is 0.546. The average Bonchev–Trinajstić information content (AvgIpc) is 2.83. The second-order valence-electron chi connectivity index (χ2n) is 7.46. The van der Waals surface area contributed by atoms with E-state index in [-0.39, 0.29) is 25.0 Å². The van der Waals surface area contributed by atoms with Crippen LogP contribution >= 0.6 is 0 Å². The van der Waals surface area contributed by atoms with E-state index in [0.717, 1.165) is 22.3 Å². The number of aryl methyl sites for hydroxylation is 2. The van der Waals surface area contributed by atoms with Crippen molar-refractivity contribution in [3.63, 3.8) is 0 Å². The van der Waals surface area contributed by atoms with Gasteiger partial charge in [-0.05, 0) is 60.4 Å². The van der Waals surface area contributed by atoms with Crippen LogP contribution in [0, 0.1) is 13.8 Å². The van der Waals surface area contributed by atoms with Crippen LogP contribution in [0.15, 0.2) is 83.0 Å². The van der Waals surface area contributed by atoms with Crippen molar-refractivity contribution in [2.75, 3.05) is 13.2 Å². The molecule has 0 aliphatic carbocycles. The molecular formula is C26H26N4O4. The number of carbonyl (C=O) groups excluding carboxylic acids is 2. The van der Waals surface area contributed by atoms with Crippen molar-refractivity contribution in [2.24, 2.45) is 10.2 Å². The molecule has 8 nitrogen and oxygen atoms in total. The van der Waals surface area contributed by atoms with Gasteiger partial charge in [0, 0.05) is 0 Å². The zero-order valence-electron chi connectivity index (χ0n) is 19.0. The first kappa shape index (κ1) is 24.2. The molecular weight excluding hydrogens is 432 g/mol. The van der Waals surface area contributed by atoms with Gasteiger partial charge in [0.25, 0.3) is 11.8 Å². The van der Waals surface area contributed by atoms with Crippen LogP contribution in [0.1, 0.15) is 22.3 Å². The Hall–Kier alpha value is -4.46. The molecule has 0 aliphatic rings. The molecule has 8 heteroatoms. The Morgan fingerprint density at radius 3 is 1.50 bits per heavy atom. The number of carbonyl (C=O) groups is 2. The summed E-state index contributed by atoms with van der Waals surface area (Å²) in [5, 5.41) is 7.86. The molecule has 3 aromatic carbocycles. The summed E-state index contributed by atoms with van der Waals surface area (Å²) in [6.45, 7) is 3.65. The lowest BCUT2D eigenvalue weighted by Crippen LogP contribution is -2.24. The van der Waals surface area contributed by atoms with E-state index in [0.29, 0.717) is 11.5 Å². The molecule has 0 bridgehead atoms. The summed E-state index contributed by atoms with van der Waals surface area (Å²) in [4.78, 5) is 23.7. The van der Waals surface area contributed by atoms with Crippen LogP contribution in [0.2, 0.25) is 0 Å². The highest BCUT2D eigenvalue weighted by Gasteiger charge is 2.02. The molecule has 2 N–H and O–H groups in total. The minimum atomic E-state index is -0.358.